The van der Waals surface area contributed by atoms with E-state index in [1.807, 2.05) is 12.1 Å². The zero-order valence-corrected chi connectivity index (χ0v) is 10.6. The van der Waals surface area contributed by atoms with E-state index in [1.165, 1.54) is 12.5 Å². The van der Waals surface area contributed by atoms with Crippen LogP contribution in [-0.4, -0.2) is 35.2 Å². The van der Waals surface area contributed by atoms with Gasteiger partial charge in [0, 0.05) is 20.0 Å². The monoisotopic (exact) mass is 249 g/mol. The summed E-state index contributed by atoms with van der Waals surface area (Å²) in [7, 11) is 0. The fourth-order valence-corrected chi connectivity index (χ4v) is 2.26. The first-order chi connectivity index (χ1) is 8.63. The Balaban J connectivity index is 1.91. The lowest BCUT2D eigenvalue weighted by Gasteiger charge is -2.29. The van der Waals surface area contributed by atoms with E-state index in [4.69, 9.17) is 4.74 Å². The van der Waals surface area contributed by atoms with Gasteiger partial charge in [0.2, 0.25) is 0 Å². The molecule has 18 heavy (non-hydrogen) atoms. The van der Waals surface area contributed by atoms with Crippen LogP contribution in [0.25, 0.3) is 0 Å². The Morgan fingerprint density at radius 3 is 2.78 bits per heavy atom. The van der Waals surface area contributed by atoms with Crippen molar-refractivity contribution in [1.82, 2.24) is 4.90 Å². The number of hydrogen-bond acceptors (Lipinski definition) is 4. The predicted molar refractivity (Wildman–Crippen MR) is 68.3 cm³/mol. The van der Waals surface area contributed by atoms with Gasteiger partial charge in [0.25, 0.3) is 0 Å². The Bertz CT molecular complexity index is 402. The number of benzene rings is 1. The van der Waals surface area contributed by atoms with Crippen molar-refractivity contribution in [3.05, 3.63) is 29.8 Å². The van der Waals surface area contributed by atoms with Crippen LogP contribution in [0.4, 0.5) is 0 Å². The number of carbonyl (C=O) groups is 1. The van der Waals surface area contributed by atoms with E-state index in [0.717, 1.165) is 32.5 Å². The van der Waals surface area contributed by atoms with Crippen molar-refractivity contribution in [1.29, 1.82) is 0 Å². The molecule has 1 heterocycles. The molecule has 1 N–H and O–H groups in total. The Labute approximate surface area is 107 Å². The van der Waals surface area contributed by atoms with Gasteiger partial charge < -0.3 is 9.84 Å². The number of piperidine rings is 1. The molecule has 1 aliphatic rings. The van der Waals surface area contributed by atoms with Crippen LogP contribution < -0.4 is 4.74 Å². The second-order valence-electron chi connectivity index (χ2n) is 4.77. The molecule has 0 radical (unpaired) electrons. The Morgan fingerprint density at radius 2 is 2.17 bits per heavy atom. The van der Waals surface area contributed by atoms with Crippen molar-refractivity contribution in [2.24, 2.45) is 0 Å². The summed E-state index contributed by atoms with van der Waals surface area (Å²) in [4.78, 5) is 13.0. The fourth-order valence-electron chi connectivity index (χ4n) is 2.26. The molecule has 0 saturated carbocycles. The highest BCUT2D eigenvalue weighted by Crippen LogP contribution is 2.16. The minimum atomic E-state index is -0.304. The molecule has 1 atom stereocenters. The number of esters is 1. The molecule has 1 saturated heterocycles. The lowest BCUT2D eigenvalue weighted by molar-refractivity contribution is -0.131. The van der Waals surface area contributed by atoms with Crippen LogP contribution in [0.1, 0.15) is 25.3 Å². The van der Waals surface area contributed by atoms with E-state index in [1.54, 1.807) is 12.1 Å². The predicted octanol–water partition coefficient (Wildman–Crippen LogP) is 1.57. The van der Waals surface area contributed by atoms with Gasteiger partial charge in [-0.3, -0.25) is 9.69 Å². The zero-order chi connectivity index (χ0) is 13.0. The number of ether oxygens (including phenoxy) is 1. The molecule has 0 spiro atoms. The lowest BCUT2D eigenvalue weighted by atomic mass is 10.1. The minimum absolute atomic E-state index is 0.195. The summed E-state index contributed by atoms with van der Waals surface area (Å²) in [6.07, 6.45) is 1.76. The molecule has 1 fully saturated rings. The van der Waals surface area contributed by atoms with Gasteiger partial charge in [-0.25, -0.2) is 0 Å². The van der Waals surface area contributed by atoms with Crippen LogP contribution in [0.15, 0.2) is 24.3 Å². The number of likely N-dealkylation sites (tertiary alicyclic amines) is 1. The average Bonchev–Trinajstić information content (AvgIpc) is 2.31. The van der Waals surface area contributed by atoms with Gasteiger partial charge in [0.15, 0.2) is 0 Å². The SMILES string of the molecule is CC(=O)Oc1ccc(CN2CCCC(O)C2)cc1. The molecule has 0 aromatic heterocycles. The van der Waals surface area contributed by atoms with Crippen LogP contribution in [-0.2, 0) is 11.3 Å². The molecular formula is C14H19NO3. The first-order valence-electron chi connectivity index (χ1n) is 6.31. The molecule has 0 amide bonds. The van der Waals surface area contributed by atoms with Gasteiger partial charge in [-0.05, 0) is 37.1 Å². The Hall–Kier alpha value is -1.39. The quantitative estimate of drug-likeness (QED) is 0.652. The van der Waals surface area contributed by atoms with Crippen LogP contribution in [0.3, 0.4) is 0 Å². The highest BCUT2D eigenvalue weighted by molar-refractivity contribution is 5.69. The van der Waals surface area contributed by atoms with Crippen molar-refractivity contribution in [2.45, 2.75) is 32.4 Å². The van der Waals surface area contributed by atoms with Gasteiger partial charge in [-0.15, -0.1) is 0 Å². The third-order valence-corrected chi connectivity index (χ3v) is 3.07. The van der Waals surface area contributed by atoms with Gasteiger partial charge in [-0.1, -0.05) is 12.1 Å². The molecular weight excluding hydrogens is 230 g/mol. The van der Waals surface area contributed by atoms with Gasteiger partial charge >= 0.3 is 5.97 Å². The molecule has 4 nitrogen and oxygen atoms in total. The summed E-state index contributed by atoms with van der Waals surface area (Å²) in [6, 6.07) is 7.52. The smallest absolute Gasteiger partial charge is 0.308 e. The topological polar surface area (TPSA) is 49.8 Å². The molecule has 1 aliphatic heterocycles. The van der Waals surface area contributed by atoms with Gasteiger partial charge in [0.05, 0.1) is 6.10 Å². The maximum Gasteiger partial charge on any atom is 0.308 e. The average molecular weight is 249 g/mol. The van der Waals surface area contributed by atoms with Crippen LogP contribution in [0, 0.1) is 0 Å². The number of β-amino-alcohol motifs (C(OH)–C–C–N with tert-alkyl or cyclic N) is 1. The second kappa shape index (κ2) is 5.98. The molecule has 1 aromatic carbocycles. The molecule has 0 aliphatic carbocycles. The number of hydrogen-bond donors (Lipinski definition) is 1. The van der Waals surface area contributed by atoms with Crippen LogP contribution >= 0.6 is 0 Å². The number of nitrogens with zero attached hydrogens (tertiary/aromatic N) is 1. The summed E-state index contributed by atoms with van der Waals surface area (Å²) in [5.74, 6) is 0.270. The first kappa shape index (κ1) is 13.1. The van der Waals surface area contributed by atoms with E-state index >= 15 is 0 Å². The maximum absolute atomic E-state index is 10.8. The largest absolute Gasteiger partial charge is 0.427 e. The van der Waals surface area contributed by atoms with Crippen molar-refractivity contribution in [3.63, 3.8) is 0 Å². The molecule has 0 bridgehead atoms. The first-order valence-corrected chi connectivity index (χ1v) is 6.31. The number of aliphatic hydroxyl groups excluding tert-OH is 1. The Kier molecular flexibility index (Phi) is 4.33. The van der Waals surface area contributed by atoms with Crippen molar-refractivity contribution in [2.75, 3.05) is 13.1 Å². The molecule has 2 rings (SSSR count). The van der Waals surface area contributed by atoms with Crippen molar-refractivity contribution < 1.29 is 14.6 Å². The fraction of sp³-hybridized carbons (Fsp3) is 0.500. The summed E-state index contributed by atoms with van der Waals surface area (Å²) >= 11 is 0. The third-order valence-electron chi connectivity index (χ3n) is 3.07. The Morgan fingerprint density at radius 1 is 1.44 bits per heavy atom. The van der Waals surface area contributed by atoms with Gasteiger partial charge in [-0.2, -0.15) is 0 Å². The highest BCUT2D eigenvalue weighted by atomic mass is 16.5. The molecule has 1 unspecified atom stereocenters. The zero-order valence-electron chi connectivity index (χ0n) is 10.6. The van der Waals surface area contributed by atoms with E-state index in [0.29, 0.717) is 5.75 Å². The summed E-state index contributed by atoms with van der Waals surface area (Å²) in [5.41, 5.74) is 1.17. The molecule has 98 valence electrons. The second-order valence-corrected chi connectivity index (χ2v) is 4.77. The molecule has 4 heteroatoms. The van der Waals surface area contributed by atoms with E-state index in [2.05, 4.69) is 4.90 Å². The van der Waals surface area contributed by atoms with Crippen LogP contribution in [0.5, 0.6) is 5.75 Å². The minimum Gasteiger partial charge on any atom is -0.427 e. The number of rotatable bonds is 3. The third kappa shape index (κ3) is 3.82. The van der Waals surface area contributed by atoms with Gasteiger partial charge in [0.1, 0.15) is 5.75 Å². The van der Waals surface area contributed by atoms with E-state index in [-0.39, 0.29) is 12.1 Å². The van der Waals surface area contributed by atoms with E-state index in [9.17, 15) is 9.90 Å². The van der Waals surface area contributed by atoms with Crippen molar-refractivity contribution in [3.8, 4) is 5.75 Å². The standard InChI is InChI=1S/C14H19NO3/c1-11(16)18-14-6-4-12(5-7-14)9-15-8-2-3-13(17)10-15/h4-7,13,17H,2-3,8-10H2,1H3. The van der Waals surface area contributed by atoms with E-state index < -0.39 is 0 Å². The maximum atomic E-state index is 10.8. The summed E-state index contributed by atoms with van der Waals surface area (Å²) in [6.45, 7) is 3.99. The highest BCUT2D eigenvalue weighted by Gasteiger charge is 2.17. The number of aliphatic hydroxyl groups is 1. The summed E-state index contributed by atoms with van der Waals surface area (Å²) < 4.78 is 4.98. The number of carbonyl (C=O) groups excluding carboxylic acids is 1. The van der Waals surface area contributed by atoms with Crippen molar-refractivity contribution >= 4 is 5.97 Å². The molecule has 1 aromatic rings. The summed E-state index contributed by atoms with van der Waals surface area (Å²) in [5, 5.41) is 9.60. The van der Waals surface area contributed by atoms with Crippen LogP contribution in [0.2, 0.25) is 0 Å². The lowest BCUT2D eigenvalue weighted by Crippen LogP contribution is -2.37. The normalized spacial score (nSPS) is 20.7.